The lowest BCUT2D eigenvalue weighted by atomic mass is 9.67. The quantitative estimate of drug-likeness (QED) is 0.655. The molecule has 24 heavy (non-hydrogen) atoms. The van der Waals surface area contributed by atoms with Gasteiger partial charge in [-0.2, -0.15) is 0 Å². The Hall–Kier alpha value is -2.02. The van der Waals surface area contributed by atoms with Gasteiger partial charge in [0.2, 0.25) is 0 Å². The number of aryl methyl sites for hydroxylation is 1. The van der Waals surface area contributed by atoms with Crippen LogP contribution in [0.3, 0.4) is 0 Å². The van der Waals surface area contributed by atoms with Crippen LogP contribution in [0.1, 0.15) is 48.0 Å². The van der Waals surface area contributed by atoms with Crippen molar-refractivity contribution in [3.05, 3.63) is 39.2 Å². The van der Waals surface area contributed by atoms with E-state index in [0.717, 1.165) is 44.2 Å². The van der Waals surface area contributed by atoms with Gasteiger partial charge in [-0.3, -0.25) is 14.9 Å². The number of benzene rings is 1. The van der Waals surface area contributed by atoms with E-state index in [1.807, 2.05) is 0 Å². The number of nitro benzene ring substituents is 1. The number of nitrogens with zero attached hydrogens (tertiary/aromatic N) is 1. The van der Waals surface area contributed by atoms with Gasteiger partial charge in [-0.1, -0.05) is 6.42 Å². The second-order valence-corrected chi connectivity index (χ2v) is 7.06. The first-order valence-electron chi connectivity index (χ1n) is 8.37. The number of carbonyl (C=O) groups excluding carboxylic acids is 1. The first-order chi connectivity index (χ1) is 11.4. The summed E-state index contributed by atoms with van der Waals surface area (Å²) >= 11 is 0. The van der Waals surface area contributed by atoms with Gasteiger partial charge in [0, 0.05) is 17.6 Å². The minimum atomic E-state index is -0.644. The Morgan fingerprint density at radius 1 is 1.33 bits per heavy atom. The second-order valence-electron chi connectivity index (χ2n) is 7.06. The van der Waals surface area contributed by atoms with Crippen molar-refractivity contribution in [1.82, 2.24) is 5.32 Å². The number of nitrogens with two attached hydrogens (primary N) is 1. The van der Waals surface area contributed by atoms with Gasteiger partial charge in [-0.15, -0.1) is 0 Å². The van der Waals surface area contributed by atoms with Gasteiger partial charge >= 0.3 is 0 Å². The Morgan fingerprint density at radius 3 is 2.54 bits per heavy atom. The summed E-state index contributed by atoms with van der Waals surface area (Å²) in [5, 5.41) is 14.2. The molecule has 6 nitrogen and oxygen atoms in total. The highest BCUT2D eigenvalue weighted by Gasteiger charge is 2.40. The van der Waals surface area contributed by atoms with Crippen LogP contribution in [0.15, 0.2) is 12.1 Å². The van der Waals surface area contributed by atoms with Crippen LogP contribution < -0.4 is 11.1 Å². The van der Waals surface area contributed by atoms with Crippen LogP contribution in [0.2, 0.25) is 0 Å². The summed E-state index contributed by atoms with van der Waals surface area (Å²) < 4.78 is 13.7. The van der Waals surface area contributed by atoms with Gasteiger partial charge in [-0.25, -0.2) is 4.39 Å². The molecule has 1 aromatic carbocycles. The molecule has 2 unspecified atom stereocenters. The lowest BCUT2D eigenvalue weighted by Gasteiger charge is -2.45. The predicted molar refractivity (Wildman–Crippen MR) is 87.1 cm³/mol. The average molecular weight is 335 g/mol. The molecule has 0 radical (unpaired) electrons. The van der Waals surface area contributed by atoms with Gasteiger partial charge < -0.3 is 11.1 Å². The molecule has 7 heteroatoms. The zero-order valence-electron chi connectivity index (χ0n) is 13.6. The summed E-state index contributed by atoms with van der Waals surface area (Å²) in [5.74, 6) is -0.619. The molecule has 2 aliphatic carbocycles. The monoisotopic (exact) mass is 335 g/mol. The summed E-state index contributed by atoms with van der Waals surface area (Å²) in [7, 11) is 0. The maximum Gasteiger partial charge on any atom is 0.285 e. The van der Waals surface area contributed by atoms with Crippen molar-refractivity contribution >= 4 is 11.6 Å². The minimum Gasteiger partial charge on any atom is -0.349 e. The molecule has 130 valence electrons. The molecule has 0 aromatic heterocycles. The molecular formula is C17H22FN3O3. The van der Waals surface area contributed by atoms with Crippen LogP contribution in [-0.2, 0) is 0 Å². The fraction of sp³-hybridized carbons (Fsp3) is 0.588. The Balaban J connectivity index is 1.87. The normalized spacial score (nSPS) is 29.1. The van der Waals surface area contributed by atoms with Crippen molar-refractivity contribution in [2.45, 2.75) is 51.1 Å². The molecule has 2 atom stereocenters. The van der Waals surface area contributed by atoms with E-state index < -0.39 is 16.6 Å². The molecular weight excluding hydrogens is 313 g/mol. The first-order valence-corrected chi connectivity index (χ1v) is 8.37. The second kappa shape index (κ2) is 6.47. The van der Waals surface area contributed by atoms with E-state index in [4.69, 9.17) is 5.73 Å². The molecule has 2 bridgehead atoms. The molecule has 0 spiro atoms. The van der Waals surface area contributed by atoms with Gasteiger partial charge in [0.1, 0.15) is 11.4 Å². The molecule has 3 rings (SSSR count). The Bertz CT molecular complexity index is 665. The number of nitrogens with one attached hydrogen (secondary N) is 1. The zero-order valence-corrected chi connectivity index (χ0v) is 13.6. The van der Waals surface area contributed by atoms with Gasteiger partial charge in [0.25, 0.3) is 11.6 Å². The van der Waals surface area contributed by atoms with Crippen molar-refractivity contribution < 1.29 is 14.1 Å². The maximum absolute atomic E-state index is 13.7. The van der Waals surface area contributed by atoms with Crippen LogP contribution in [0.4, 0.5) is 10.1 Å². The zero-order chi connectivity index (χ0) is 17.4. The number of amides is 1. The lowest BCUT2D eigenvalue weighted by Crippen LogP contribution is -2.53. The molecule has 0 aliphatic heterocycles. The summed E-state index contributed by atoms with van der Waals surface area (Å²) in [6, 6.07) is 2.14. The van der Waals surface area contributed by atoms with E-state index >= 15 is 0 Å². The van der Waals surface area contributed by atoms with Crippen LogP contribution in [0, 0.1) is 34.7 Å². The fourth-order valence-electron chi connectivity index (χ4n) is 4.40. The van der Waals surface area contributed by atoms with Crippen molar-refractivity contribution in [2.75, 3.05) is 0 Å². The van der Waals surface area contributed by atoms with E-state index in [9.17, 15) is 19.3 Å². The molecule has 1 aromatic rings. The van der Waals surface area contributed by atoms with Crippen molar-refractivity contribution in [2.24, 2.45) is 17.6 Å². The highest BCUT2D eigenvalue weighted by Crippen LogP contribution is 2.40. The molecule has 2 saturated carbocycles. The van der Waals surface area contributed by atoms with E-state index in [2.05, 4.69) is 5.32 Å². The number of carbonyl (C=O) groups is 1. The van der Waals surface area contributed by atoms with E-state index in [-0.39, 0.29) is 28.9 Å². The Labute approximate surface area is 139 Å². The van der Waals surface area contributed by atoms with Crippen LogP contribution >= 0.6 is 0 Å². The highest BCUT2D eigenvalue weighted by atomic mass is 19.1. The van der Waals surface area contributed by atoms with Crippen molar-refractivity contribution in [3.63, 3.8) is 0 Å². The summed E-state index contributed by atoms with van der Waals surface area (Å²) in [4.78, 5) is 23.3. The van der Waals surface area contributed by atoms with Gasteiger partial charge in [-0.05, 0) is 56.6 Å². The molecule has 0 saturated heterocycles. The molecule has 2 fully saturated rings. The minimum absolute atomic E-state index is 0.0331. The van der Waals surface area contributed by atoms with Crippen LogP contribution in [0.25, 0.3) is 0 Å². The average Bonchev–Trinajstić information content (AvgIpc) is 2.46. The molecule has 2 aliphatic rings. The van der Waals surface area contributed by atoms with Crippen molar-refractivity contribution in [1.29, 1.82) is 0 Å². The number of rotatable bonds is 3. The van der Waals surface area contributed by atoms with Crippen LogP contribution in [-0.4, -0.2) is 22.9 Å². The molecule has 3 N–H and O–H groups in total. The highest BCUT2D eigenvalue weighted by molar-refractivity contribution is 5.98. The SMILES string of the molecule is Cc1cc(F)cc(C(=O)NC2C3CCCC2CC(N)C3)c1[N+](=O)[O-]. The molecule has 0 heterocycles. The predicted octanol–water partition coefficient (Wildman–Crippen LogP) is 2.68. The number of hydrogen-bond donors (Lipinski definition) is 2. The number of hydrogen-bond acceptors (Lipinski definition) is 4. The number of halogens is 1. The third kappa shape index (κ3) is 3.13. The summed E-state index contributed by atoms with van der Waals surface area (Å²) in [6.45, 7) is 1.44. The fourth-order valence-corrected chi connectivity index (χ4v) is 4.40. The first kappa shape index (κ1) is 16.8. The third-order valence-corrected chi connectivity index (χ3v) is 5.37. The van der Waals surface area contributed by atoms with E-state index in [1.165, 1.54) is 6.92 Å². The van der Waals surface area contributed by atoms with E-state index in [0.29, 0.717) is 11.8 Å². The van der Waals surface area contributed by atoms with Gasteiger partial charge in [0.05, 0.1) is 4.92 Å². The van der Waals surface area contributed by atoms with Crippen molar-refractivity contribution in [3.8, 4) is 0 Å². The van der Waals surface area contributed by atoms with Crippen LogP contribution in [0.5, 0.6) is 0 Å². The largest absolute Gasteiger partial charge is 0.349 e. The number of nitro groups is 1. The summed E-state index contributed by atoms with van der Waals surface area (Å²) in [6.07, 6.45) is 4.82. The van der Waals surface area contributed by atoms with E-state index in [1.54, 1.807) is 0 Å². The summed E-state index contributed by atoms with van der Waals surface area (Å²) in [5.41, 5.74) is 5.70. The third-order valence-electron chi connectivity index (χ3n) is 5.37. The topological polar surface area (TPSA) is 98.3 Å². The Kier molecular flexibility index (Phi) is 4.54. The number of fused-ring (bicyclic) bond motifs is 2. The lowest BCUT2D eigenvalue weighted by molar-refractivity contribution is -0.385. The maximum atomic E-state index is 13.7. The Morgan fingerprint density at radius 2 is 1.96 bits per heavy atom. The van der Waals surface area contributed by atoms with Gasteiger partial charge in [0.15, 0.2) is 0 Å². The standard InChI is InChI=1S/C17H22FN3O3/c1-9-5-12(18)8-14(16(9)21(23)24)17(22)20-15-10-3-2-4-11(15)7-13(19)6-10/h5,8,10-11,13,15H,2-4,6-7,19H2,1H3,(H,20,22). The smallest absolute Gasteiger partial charge is 0.285 e. The molecule has 1 amide bonds.